The van der Waals surface area contributed by atoms with E-state index in [0.717, 1.165) is 18.7 Å². The minimum atomic E-state index is 0.345. The van der Waals surface area contributed by atoms with Crippen LogP contribution in [0.5, 0.6) is 5.75 Å². The zero-order valence-corrected chi connectivity index (χ0v) is 11.2. The number of hydrogen-bond donors (Lipinski definition) is 2. The van der Waals surface area contributed by atoms with Crippen LogP contribution in [0.2, 0.25) is 0 Å². The molecule has 1 atom stereocenters. The van der Waals surface area contributed by atoms with Crippen molar-refractivity contribution in [3.05, 3.63) is 29.8 Å². The summed E-state index contributed by atoms with van der Waals surface area (Å²) in [5, 5.41) is 12.9. The van der Waals surface area contributed by atoms with Crippen LogP contribution in [0.4, 0.5) is 0 Å². The number of hydrogen-bond acceptors (Lipinski definition) is 3. The number of likely N-dealkylation sites (tertiary alicyclic amines) is 1. The van der Waals surface area contributed by atoms with Crippen molar-refractivity contribution >= 4 is 0 Å². The molecular formula is C15H24N2O. The van der Waals surface area contributed by atoms with Gasteiger partial charge in [0.25, 0.3) is 0 Å². The van der Waals surface area contributed by atoms with E-state index in [-0.39, 0.29) is 0 Å². The maximum atomic E-state index is 9.40. The van der Waals surface area contributed by atoms with Gasteiger partial charge in [-0.15, -0.1) is 0 Å². The van der Waals surface area contributed by atoms with Crippen LogP contribution in [0.15, 0.2) is 24.3 Å². The minimum absolute atomic E-state index is 0.345. The normalized spacial score (nSPS) is 18.7. The lowest BCUT2D eigenvalue weighted by Gasteiger charge is -2.29. The molecule has 0 radical (unpaired) electrons. The van der Waals surface area contributed by atoms with Crippen LogP contribution >= 0.6 is 0 Å². The molecule has 3 heteroatoms. The summed E-state index contributed by atoms with van der Waals surface area (Å²) in [4.78, 5) is 2.55. The van der Waals surface area contributed by atoms with E-state index in [1.54, 1.807) is 6.07 Å². The van der Waals surface area contributed by atoms with Gasteiger partial charge in [-0.1, -0.05) is 18.6 Å². The summed E-state index contributed by atoms with van der Waals surface area (Å²) in [6, 6.07) is 7.95. The Morgan fingerprint density at radius 2 is 2.06 bits per heavy atom. The van der Waals surface area contributed by atoms with Gasteiger partial charge in [-0.25, -0.2) is 0 Å². The summed E-state index contributed by atoms with van der Waals surface area (Å²) in [6.07, 6.45) is 4.08. The Morgan fingerprint density at radius 3 is 2.78 bits per heavy atom. The van der Waals surface area contributed by atoms with Crippen molar-refractivity contribution in [3.8, 4) is 5.75 Å². The molecule has 0 saturated carbocycles. The van der Waals surface area contributed by atoms with Crippen LogP contribution in [0.25, 0.3) is 0 Å². The summed E-state index contributed by atoms with van der Waals surface area (Å²) < 4.78 is 0. The van der Waals surface area contributed by atoms with Crippen molar-refractivity contribution in [2.24, 2.45) is 0 Å². The first kappa shape index (κ1) is 13.4. The predicted octanol–water partition coefficient (Wildman–Crippen LogP) is 2.36. The molecule has 1 saturated heterocycles. The van der Waals surface area contributed by atoms with Gasteiger partial charge in [0.05, 0.1) is 0 Å². The molecule has 18 heavy (non-hydrogen) atoms. The molecule has 1 unspecified atom stereocenters. The van der Waals surface area contributed by atoms with Crippen molar-refractivity contribution in [1.29, 1.82) is 0 Å². The first-order chi connectivity index (χ1) is 8.74. The van der Waals surface area contributed by atoms with Crippen LogP contribution in [-0.4, -0.2) is 35.7 Å². The lowest BCUT2D eigenvalue weighted by atomic mass is 10.1. The quantitative estimate of drug-likeness (QED) is 0.839. The lowest BCUT2D eigenvalue weighted by molar-refractivity contribution is 0.209. The van der Waals surface area contributed by atoms with E-state index in [2.05, 4.69) is 17.1 Å². The highest BCUT2D eigenvalue weighted by Crippen LogP contribution is 2.11. The Kier molecular flexibility index (Phi) is 5.02. The number of piperidine rings is 1. The second kappa shape index (κ2) is 6.76. The molecule has 1 aliphatic heterocycles. The van der Waals surface area contributed by atoms with E-state index in [9.17, 15) is 5.11 Å². The molecule has 100 valence electrons. The molecule has 0 aliphatic carbocycles. The average molecular weight is 248 g/mol. The summed E-state index contributed by atoms with van der Waals surface area (Å²) >= 11 is 0. The van der Waals surface area contributed by atoms with Crippen LogP contribution in [-0.2, 0) is 6.54 Å². The van der Waals surface area contributed by atoms with Crippen molar-refractivity contribution in [3.63, 3.8) is 0 Å². The number of rotatable bonds is 5. The largest absolute Gasteiger partial charge is 0.508 e. The van der Waals surface area contributed by atoms with Gasteiger partial charge < -0.3 is 15.3 Å². The van der Waals surface area contributed by atoms with Crippen molar-refractivity contribution in [1.82, 2.24) is 10.2 Å². The summed E-state index contributed by atoms with van der Waals surface area (Å²) in [5.41, 5.74) is 1.14. The number of nitrogens with one attached hydrogen (secondary N) is 1. The number of aromatic hydroxyl groups is 1. The van der Waals surface area contributed by atoms with Gasteiger partial charge in [0, 0.05) is 19.1 Å². The highest BCUT2D eigenvalue weighted by atomic mass is 16.3. The molecule has 0 amide bonds. The molecule has 3 nitrogen and oxygen atoms in total. The van der Waals surface area contributed by atoms with Crippen LogP contribution < -0.4 is 5.32 Å². The van der Waals surface area contributed by atoms with Crippen molar-refractivity contribution in [2.75, 3.05) is 19.6 Å². The SMILES string of the molecule is CC(CN1CCCCC1)NCc1cccc(O)c1. The van der Waals surface area contributed by atoms with Gasteiger partial charge in [-0.05, 0) is 50.6 Å². The van der Waals surface area contributed by atoms with E-state index < -0.39 is 0 Å². The van der Waals surface area contributed by atoms with Crippen molar-refractivity contribution in [2.45, 2.75) is 38.8 Å². The maximum Gasteiger partial charge on any atom is 0.115 e. The molecule has 0 aromatic heterocycles. The molecule has 2 N–H and O–H groups in total. The Bertz CT molecular complexity index is 361. The van der Waals surface area contributed by atoms with Gasteiger partial charge in [0.1, 0.15) is 5.75 Å². The number of nitrogens with zero attached hydrogens (tertiary/aromatic N) is 1. The number of phenolic OH excluding ortho intramolecular Hbond substituents is 1. The first-order valence-electron chi connectivity index (χ1n) is 6.98. The second-order valence-electron chi connectivity index (χ2n) is 5.31. The second-order valence-corrected chi connectivity index (χ2v) is 5.31. The molecule has 1 heterocycles. The fourth-order valence-electron chi connectivity index (χ4n) is 2.55. The molecule has 1 fully saturated rings. The van der Waals surface area contributed by atoms with E-state index >= 15 is 0 Å². The third kappa shape index (κ3) is 4.31. The molecule has 2 rings (SSSR count). The third-order valence-corrected chi connectivity index (χ3v) is 3.55. The molecule has 0 spiro atoms. The molecule has 1 aromatic carbocycles. The smallest absolute Gasteiger partial charge is 0.115 e. The van der Waals surface area contributed by atoms with Gasteiger partial charge in [-0.2, -0.15) is 0 Å². The van der Waals surface area contributed by atoms with Gasteiger partial charge in [-0.3, -0.25) is 0 Å². The Hall–Kier alpha value is -1.06. The Morgan fingerprint density at radius 1 is 1.28 bits per heavy atom. The lowest BCUT2D eigenvalue weighted by Crippen LogP contribution is -2.41. The number of benzene rings is 1. The molecule has 0 bridgehead atoms. The highest BCUT2D eigenvalue weighted by molar-refractivity contribution is 5.26. The number of phenols is 1. The topological polar surface area (TPSA) is 35.5 Å². The zero-order chi connectivity index (χ0) is 12.8. The van der Waals surface area contributed by atoms with E-state index in [4.69, 9.17) is 0 Å². The zero-order valence-electron chi connectivity index (χ0n) is 11.2. The van der Waals surface area contributed by atoms with E-state index in [1.807, 2.05) is 18.2 Å². The van der Waals surface area contributed by atoms with Gasteiger partial charge in [0.15, 0.2) is 0 Å². The van der Waals surface area contributed by atoms with Crippen LogP contribution in [0, 0.1) is 0 Å². The van der Waals surface area contributed by atoms with E-state index in [1.165, 1.54) is 32.4 Å². The fraction of sp³-hybridized carbons (Fsp3) is 0.600. The third-order valence-electron chi connectivity index (χ3n) is 3.55. The van der Waals surface area contributed by atoms with Gasteiger partial charge >= 0.3 is 0 Å². The molecular weight excluding hydrogens is 224 g/mol. The van der Waals surface area contributed by atoms with E-state index in [0.29, 0.717) is 11.8 Å². The summed E-state index contributed by atoms with van der Waals surface area (Å²) in [7, 11) is 0. The maximum absolute atomic E-state index is 9.40. The van der Waals surface area contributed by atoms with Crippen LogP contribution in [0.3, 0.4) is 0 Å². The van der Waals surface area contributed by atoms with Crippen molar-refractivity contribution < 1.29 is 5.11 Å². The van der Waals surface area contributed by atoms with Gasteiger partial charge in [0.2, 0.25) is 0 Å². The monoisotopic (exact) mass is 248 g/mol. The Labute approximate surface area is 110 Å². The first-order valence-corrected chi connectivity index (χ1v) is 6.98. The average Bonchev–Trinajstić information content (AvgIpc) is 2.38. The highest BCUT2D eigenvalue weighted by Gasteiger charge is 2.12. The molecule has 1 aliphatic rings. The minimum Gasteiger partial charge on any atom is -0.508 e. The summed E-state index contributed by atoms with van der Waals surface area (Å²) in [6.45, 7) is 6.68. The Balaban J connectivity index is 1.72. The predicted molar refractivity (Wildman–Crippen MR) is 74.7 cm³/mol. The van der Waals surface area contributed by atoms with Crippen LogP contribution in [0.1, 0.15) is 31.7 Å². The fourth-order valence-corrected chi connectivity index (χ4v) is 2.55. The standard InChI is InChI=1S/C15H24N2O/c1-13(12-17-8-3-2-4-9-17)16-11-14-6-5-7-15(18)10-14/h5-7,10,13,16,18H,2-4,8-9,11-12H2,1H3. The summed E-state index contributed by atoms with van der Waals surface area (Å²) in [5.74, 6) is 0.345. The molecule has 1 aromatic rings.